The highest BCUT2D eigenvalue weighted by Crippen LogP contribution is 2.31. The Balaban J connectivity index is 1.68. The number of aliphatic hydroxyl groups excluding tert-OH is 1. The number of nitrogens with one attached hydrogen (secondary N) is 2. The molecule has 0 heterocycles. The summed E-state index contributed by atoms with van der Waals surface area (Å²) in [5.74, 6) is 0.507. The Morgan fingerprint density at radius 3 is 2.79 bits per heavy atom. The quantitative estimate of drug-likeness (QED) is 0.753. The van der Waals surface area contributed by atoms with Crippen LogP contribution in [0.1, 0.15) is 22.7 Å². The number of likely N-dealkylation sites (N-methyl/N-ethyl adjacent to an activating group) is 1. The van der Waals surface area contributed by atoms with Crippen LogP contribution >= 0.6 is 0 Å². The minimum Gasteiger partial charge on any atom is -0.483 e. The van der Waals surface area contributed by atoms with Crippen LogP contribution in [-0.4, -0.2) is 30.8 Å². The van der Waals surface area contributed by atoms with Gasteiger partial charge >= 0.3 is 0 Å². The summed E-state index contributed by atoms with van der Waals surface area (Å²) in [7, 11) is 1.58. The van der Waals surface area contributed by atoms with Gasteiger partial charge in [-0.15, -0.1) is 0 Å². The second-order valence-electron chi connectivity index (χ2n) is 5.90. The van der Waals surface area contributed by atoms with Gasteiger partial charge in [-0.25, -0.2) is 0 Å². The van der Waals surface area contributed by atoms with Gasteiger partial charge in [0, 0.05) is 25.6 Å². The topological polar surface area (TPSA) is 70.6 Å². The molecule has 0 radical (unpaired) electrons. The molecule has 0 fully saturated rings. The molecular formula is C19H22N2O3. The molecule has 0 unspecified atom stereocenters. The van der Waals surface area contributed by atoms with E-state index in [-0.39, 0.29) is 18.6 Å². The first kappa shape index (κ1) is 16.5. The maximum atomic E-state index is 11.4. The molecule has 24 heavy (non-hydrogen) atoms. The second kappa shape index (κ2) is 7.47. The predicted octanol–water partition coefficient (Wildman–Crippen LogP) is 1.56. The van der Waals surface area contributed by atoms with Crippen molar-refractivity contribution in [3.05, 3.63) is 65.2 Å². The molecule has 0 spiro atoms. The van der Waals surface area contributed by atoms with Gasteiger partial charge in [0.05, 0.1) is 12.1 Å². The molecule has 0 aliphatic heterocycles. The lowest BCUT2D eigenvalue weighted by molar-refractivity contribution is -0.122. The van der Waals surface area contributed by atoms with Crippen LogP contribution in [0.5, 0.6) is 5.75 Å². The van der Waals surface area contributed by atoms with E-state index in [1.54, 1.807) is 7.05 Å². The highest BCUT2D eigenvalue weighted by molar-refractivity contribution is 5.77. The number of hydrogen-bond donors (Lipinski definition) is 3. The maximum absolute atomic E-state index is 11.4. The van der Waals surface area contributed by atoms with Crippen molar-refractivity contribution in [2.75, 3.05) is 13.7 Å². The van der Waals surface area contributed by atoms with E-state index in [9.17, 15) is 9.90 Å². The molecule has 1 aliphatic rings. The molecule has 0 bridgehead atoms. The summed E-state index contributed by atoms with van der Waals surface area (Å²) < 4.78 is 5.59. The lowest BCUT2D eigenvalue weighted by Crippen LogP contribution is -2.29. The molecular weight excluding hydrogens is 304 g/mol. The van der Waals surface area contributed by atoms with E-state index in [1.165, 1.54) is 5.56 Å². The van der Waals surface area contributed by atoms with Gasteiger partial charge in [0.2, 0.25) is 0 Å². The fourth-order valence-electron chi connectivity index (χ4n) is 3.05. The SMILES string of the molecule is CNC(=O)COc1ccccc1CN[C@@H]1c2ccccc2C[C@@H]1O. The Labute approximate surface area is 141 Å². The van der Waals surface area contributed by atoms with Crippen molar-refractivity contribution in [3.8, 4) is 5.75 Å². The van der Waals surface area contributed by atoms with E-state index in [2.05, 4.69) is 22.8 Å². The fourth-order valence-corrected chi connectivity index (χ4v) is 3.05. The van der Waals surface area contributed by atoms with Gasteiger partial charge in [0.15, 0.2) is 6.61 Å². The Morgan fingerprint density at radius 2 is 1.96 bits per heavy atom. The normalized spacial score (nSPS) is 18.9. The molecule has 2 aromatic carbocycles. The van der Waals surface area contributed by atoms with Gasteiger partial charge < -0.3 is 20.5 Å². The van der Waals surface area contributed by atoms with E-state index < -0.39 is 6.10 Å². The standard InChI is InChI=1S/C19H22N2O3/c1-20-18(23)12-24-17-9-5-3-7-14(17)11-21-19-15-8-4-2-6-13(15)10-16(19)22/h2-9,16,19,21-22H,10-12H2,1H3,(H,20,23)/t16-,19+/m0/s1. The first-order valence-electron chi connectivity index (χ1n) is 8.09. The Kier molecular flexibility index (Phi) is 5.13. The fraction of sp³-hybridized carbons (Fsp3) is 0.316. The Hall–Kier alpha value is -2.37. The van der Waals surface area contributed by atoms with Crippen LogP contribution in [0.25, 0.3) is 0 Å². The van der Waals surface area contributed by atoms with Crippen LogP contribution in [0.15, 0.2) is 48.5 Å². The number of ether oxygens (including phenoxy) is 1. The number of benzene rings is 2. The third kappa shape index (κ3) is 3.58. The highest BCUT2D eigenvalue weighted by Gasteiger charge is 2.30. The monoisotopic (exact) mass is 326 g/mol. The summed E-state index contributed by atoms with van der Waals surface area (Å²) in [4.78, 5) is 11.4. The smallest absolute Gasteiger partial charge is 0.257 e. The number of fused-ring (bicyclic) bond motifs is 1. The minimum atomic E-state index is -0.429. The van der Waals surface area contributed by atoms with Gasteiger partial charge in [-0.3, -0.25) is 4.79 Å². The summed E-state index contributed by atoms with van der Waals surface area (Å²) >= 11 is 0. The number of aliphatic hydroxyl groups is 1. The minimum absolute atomic E-state index is 0.0115. The van der Waals surface area contributed by atoms with Crippen LogP contribution in [0.3, 0.4) is 0 Å². The average molecular weight is 326 g/mol. The molecule has 126 valence electrons. The molecule has 0 saturated heterocycles. The zero-order valence-electron chi connectivity index (χ0n) is 13.7. The lowest BCUT2D eigenvalue weighted by atomic mass is 10.1. The van der Waals surface area contributed by atoms with Crippen LogP contribution in [0.2, 0.25) is 0 Å². The molecule has 5 heteroatoms. The third-order valence-corrected chi connectivity index (χ3v) is 4.33. The van der Waals surface area contributed by atoms with Crippen molar-refractivity contribution in [1.29, 1.82) is 0 Å². The van der Waals surface area contributed by atoms with E-state index in [1.807, 2.05) is 36.4 Å². The molecule has 0 aromatic heterocycles. The second-order valence-corrected chi connectivity index (χ2v) is 5.90. The maximum Gasteiger partial charge on any atom is 0.257 e. The van der Waals surface area contributed by atoms with Gasteiger partial charge in [-0.1, -0.05) is 42.5 Å². The van der Waals surface area contributed by atoms with E-state index in [0.29, 0.717) is 18.7 Å². The van der Waals surface area contributed by atoms with Crippen LogP contribution in [0.4, 0.5) is 0 Å². The number of rotatable bonds is 6. The zero-order chi connectivity index (χ0) is 16.9. The Morgan fingerprint density at radius 1 is 1.21 bits per heavy atom. The van der Waals surface area contributed by atoms with Crippen LogP contribution < -0.4 is 15.4 Å². The average Bonchev–Trinajstić information content (AvgIpc) is 2.93. The third-order valence-electron chi connectivity index (χ3n) is 4.33. The van der Waals surface area contributed by atoms with Crippen molar-refractivity contribution in [2.45, 2.75) is 25.1 Å². The van der Waals surface area contributed by atoms with E-state index in [0.717, 1.165) is 11.1 Å². The first-order valence-corrected chi connectivity index (χ1v) is 8.09. The van der Waals surface area contributed by atoms with Crippen molar-refractivity contribution in [2.24, 2.45) is 0 Å². The molecule has 1 amide bonds. The number of para-hydroxylation sites is 1. The summed E-state index contributed by atoms with van der Waals surface area (Å²) in [5, 5.41) is 16.3. The van der Waals surface area contributed by atoms with Gasteiger partial charge in [-0.2, -0.15) is 0 Å². The predicted molar refractivity (Wildman–Crippen MR) is 91.7 cm³/mol. The highest BCUT2D eigenvalue weighted by atomic mass is 16.5. The van der Waals surface area contributed by atoms with E-state index in [4.69, 9.17) is 4.74 Å². The summed E-state index contributed by atoms with van der Waals surface area (Å²) in [6.45, 7) is 0.544. The summed E-state index contributed by atoms with van der Waals surface area (Å²) in [6, 6.07) is 15.6. The molecule has 2 aromatic rings. The number of amides is 1. The summed E-state index contributed by atoms with van der Waals surface area (Å²) in [5.41, 5.74) is 3.29. The largest absolute Gasteiger partial charge is 0.483 e. The van der Waals surface area contributed by atoms with Crippen molar-refractivity contribution >= 4 is 5.91 Å². The van der Waals surface area contributed by atoms with Crippen molar-refractivity contribution < 1.29 is 14.6 Å². The van der Waals surface area contributed by atoms with Gasteiger partial charge in [0.25, 0.3) is 5.91 Å². The number of carbonyl (C=O) groups excluding carboxylic acids is 1. The molecule has 3 rings (SSSR count). The molecule has 1 aliphatic carbocycles. The zero-order valence-corrected chi connectivity index (χ0v) is 13.7. The van der Waals surface area contributed by atoms with Crippen LogP contribution in [-0.2, 0) is 17.8 Å². The van der Waals surface area contributed by atoms with Crippen molar-refractivity contribution in [3.63, 3.8) is 0 Å². The van der Waals surface area contributed by atoms with Crippen molar-refractivity contribution in [1.82, 2.24) is 10.6 Å². The molecule has 2 atom stereocenters. The number of hydrogen-bond acceptors (Lipinski definition) is 4. The van der Waals surface area contributed by atoms with Gasteiger partial charge in [0.1, 0.15) is 5.75 Å². The Bertz CT molecular complexity index is 717. The molecule has 0 saturated carbocycles. The summed E-state index contributed by atoms with van der Waals surface area (Å²) in [6.07, 6.45) is 0.240. The number of carbonyl (C=O) groups is 1. The molecule has 5 nitrogen and oxygen atoms in total. The molecule has 3 N–H and O–H groups in total. The first-order chi connectivity index (χ1) is 11.7. The lowest BCUT2D eigenvalue weighted by Gasteiger charge is -2.19. The van der Waals surface area contributed by atoms with Crippen LogP contribution in [0, 0.1) is 0 Å². The van der Waals surface area contributed by atoms with Gasteiger partial charge in [-0.05, 0) is 17.2 Å². The van der Waals surface area contributed by atoms with E-state index >= 15 is 0 Å².